The molecule has 1 heterocycles. The predicted molar refractivity (Wildman–Crippen MR) is 103 cm³/mol. The van der Waals surface area contributed by atoms with E-state index in [1.165, 1.54) is 11.1 Å². The van der Waals surface area contributed by atoms with Crippen LogP contribution >= 0.6 is 11.8 Å². The summed E-state index contributed by atoms with van der Waals surface area (Å²) in [6, 6.07) is 16.4. The van der Waals surface area contributed by atoms with Gasteiger partial charge in [0.25, 0.3) is 0 Å². The summed E-state index contributed by atoms with van der Waals surface area (Å²) in [5.74, 6) is 0.535. The van der Waals surface area contributed by atoms with Gasteiger partial charge >= 0.3 is 0 Å². The Hall–Kier alpha value is -2.51. The summed E-state index contributed by atoms with van der Waals surface area (Å²) in [7, 11) is 0. The number of rotatable bonds is 6. The van der Waals surface area contributed by atoms with E-state index in [0.29, 0.717) is 18.7 Å². The van der Waals surface area contributed by atoms with Crippen molar-refractivity contribution in [2.45, 2.75) is 31.7 Å². The van der Waals surface area contributed by atoms with E-state index in [4.69, 9.17) is 5.26 Å². The fourth-order valence-electron chi connectivity index (χ4n) is 3.01. The SMILES string of the molecule is Cc1ccc(SCC(=O)c2cn(CCC#N)c3ccccc23)c(C)c1. The first kappa shape index (κ1) is 17.3. The Morgan fingerprint density at radius 2 is 2.00 bits per heavy atom. The lowest BCUT2D eigenvalue weighted by atomic mass is 10.1. The van der Waals surface area contributed by atoms with Gasteiger partial charge in [-0.05, 0) is 31.5 Å². The van der Waals surface area contributed by atoms with Crippen LogP contribution in [-0.2, 0) is 6.54 Å². The van der Waals surface area contributed by atoms with Crippen LogP contribution in [0.25, 0.3) is 10.9 Å². The number of aromatic nitrogens is 1. The van der Waals surface area contributed by atoms with Crippen LogP contribution in [0.3, 0.4) is 0 Å². The molecule has 1 aromatic heterocycles. The Labute approximate surface area is 152 Å². The molecule has 3 aromatic rings. The Bertz CT molecular complexity index is 966. The molecule has 0 radical (unpaired) electrons. The minimum absolute atomic E-state index is 0.122. The summed E-state index contributed by atoms with van der Waals surface area (Å²) in [4.78, 5) is 13.9. The van der Waals surface area contributed by atoms with E-state index in [2.05, 4.69) is 38.1 Å². The molecule has 0 aliphatic carbocycles. The lowest BCUT2D eigenvalue weighted by Crippen LogP contribution is -2.02. The smallest absolute Gasteiger partial charge is 0.175 e. The number of ketones is 1. The number of thioether (sulfide) groups is 1. The number of nitrogens with zero attached hydrogens (tertiary/aromatic N) is 2. The van der Waals surface area contributed by atoms with Gasteiger partial charge in [-0.3, -0.25) is 4.79 Å². The monoisotopic (exact) mass is 348 g/mol. The number of carbonyl (C=O) groups excluding carboxylic acids is 1. The molecule has 2 aromatic carbocycles. The summed E-state index contributed by atoms with van der Waals surface area (Å²) >= 11 is 1.58. The van der Waals surface area contributed by atoms with Crippen LogP contribution in [0.1, 0.15) is 27.9 Å². The van der Waals surface area contributed by atoms with E-state index in [-0.39, 0.29) is 5.78 Å². The molecule has 0 fully saturated rings. The van der Waals surface area contributed by atoms with E-state index in [9.17, 15) is 4.79 Å². The van der Waals surface area contributed by atoms with Crippen LogP contribution in [0.15, 0.2) is 53.6 Å². The van der Waals surface area contributed by atoms with Gasteiger partial charge in [-0.15, -0.1) is 11.8 Å². The van der Waals surface area contributed by atoms with Gasteiger partial charge in [0.05, 0.1) is 18.2 Å². The molecule has 3 rings (SSSR count). The first-order valence-corrected chi connectivity index (χ1v) is 9.27. The third-order valence-corrected chi connectivity index (χ3v) is 5.42. The molecule has 0 N–H and O–H groups in total. The standard InChI is InChI=1S/C21H20N2OS/c1-15-8-9-21(16(2)12-15)25-14-20(24)18-13-23(11-5-10-22)19-7-4-3-6-17(18)19/h3-4,6-9,12-13H,5,11,14H2,1-2H3. The topological polar surface area (TPSA) is 45.8 Å². The zero-order valence-electron chi connectivity index (χ0n) is 14.5. The normalized spacial score (nSPS) is 10.8. The Balaban J connectivity index is 1.83. The molecule has 0 bridgehead atoms. The van der Waals surface area contributed by atoms with Crippen LogP contribution in [0.4, 0.5) is 0 Å². The van der Waals surface area contributed by atoms with Crippen LogP contribution < -0.4 is 0 Å². The van der Waals surface area contributed by atoms with Crippen molar-refractivity contribution in [3.05, 3.63) is 65.4 Å². The lowest BCUT2D eigenvalue weighted by molar-refractivity contribution is 0.102. The zero-order chi connectivity index (χ0) is 17.8. The van der Waals surface area contributed by atoms with Crippen LogP contribution in [0.5, 0.6) is 0 Å². The Morgan fingerprint density at radius 1 is 1.20 bits per heavy atom. The zero-order valence-corrected chi connectivity index (χ0v) is 15.3. The number of aryl methyl sites for hydroxylation is 3. The number of hydrogen-bond donors (Lipinski definition) is 0. The van der Waals surface area contributed by atoms with E-state index in [1.54, 1.807) is 11.8 Å². The second-order valence-electron chi connectivity index (χ2n) is 6.14. The maximum absolute atomic E-state index is 12.8. The number of para-hydroxylation sites is 1. The molecule has 0 unspecified atom stereocenters. The van der Waals surface area contributed by atoms with Gasteiger partial charge < -0.3 is 4.57 Å². The average Bonchev–Trinajstić information content (AvgIpc) is 2.98. The van der Waals surface area contributed by atoms with Gasteiger partial charge in [0.1, 0.15) is 0 Å². The second kappa shape index (κ2) is 7.58. The Kier molecular flexibility index (Phi) is 5.25. The number of Topliss-reactive ketones (excluding diaryl/α,β-unsaturated/α-hetero) is 1. The van der Waals surface area contributed by atoms with Crippen LogP contribution in [0.2, 0.25) is 0 Å². The highest BCUT2D eigenvalue weighted by Crippen LogP contribution is 2.27. The highest BCUT2D eigenvalue weighted by atomic mass is 32.2. The second-order valence-corrected chi connectivity index (χ2v) is 7.16. The highest BCUT2D eigenvalue weighted by Gasteiger charge is 2.15. The van der Waals surface area contributed by atoms with Crippen molar-refractivity contribution in [2.24, 2.45) is 0 Å². The van der Waals surface area contributed by atoms with E-state index in [1.807, 2.05) is 35.0 Å². The summed E-state index contributed by atoms with van der Waals surface area (Å²) in [6.45, 7) is 4.75. The van der Waals surface area contributed by atoms with Crippen molar-refractivity contribution in [1.29, 1.82) is 5.26 Å². The molecular weight excluding hydrogens is 328 g/mol. The fraction of sp³-hybridized carbons (Fsp3) is 0.238. The quantitative estimate of drug-likeness (QED) is 0.457. The maximum Gasteiger partial charge on any atom is 0.175 e. The minimum Gasteiger partial charge on any atom is -0.346 e. The molecular formula is C21H20N2OS. The van der Waals surface area contributed by atoms with Crippen LogP contribution in [0, 0.1) is 25.2 Å². The summed E-state index contributed by atoms with van der Waals surface area (Å²) in [5.41, 5.74) is 4.19. The van der Waals surface area contributed by atoms with Crippen molar-refractivity contribution in [3.8, 4) is 6.07 Å². The first-order chi connectivity index (χ1) is 12.1. The van der Waals surface area contributed by atoms with Gasteiger partial charge in [0.15, 0.2) is 5.78 Å². The number of nitriles is 1. The molecule has 0 aliphatic rings. The van der Waals surface area contributed by atoms with Gasteiger partial charge in [-0.2, -0.15) is 5.26 Å². The molecule has 3 nitrogen and oxygen atoms in total. The van der Waals surface area contributed by atoms with Crippen molar-refractivity contribution in [2.75, 3.05) is 5.75 Å². The predicted octanol–water partition coefficient (Wildman–Crippen LogP) is 5.15. The third kappa shape index (κ3) is 3.78. The summed E-state index contributed by atoms with van der Waals surface area (Å²) in [5, 5.41) is 9.80. The summed E-state index contributed by atoms with van der Waals surface area (Å²) in [6.07, 6.45) is 2.33. The van der Waals surface area contributed by atoms with Crippen molar-refractivity contribution in [3.63, 3.8) is 0 Å². The molecule has 0 amide bonds. The third-order valence-electron chi connectivity index (χ3n) is 4.24. The molecule has 4 heteroatoms. The average molecular weight is 348 g/mol. The Morgan fingerprint density at radius 3 is 2.76 bits per heavy atom. The molecule has 0 saturated heterocycles. The molecule has 0 atom stereocenters. The van der Waals surface area contributed by atoms with E-state index >= 15 is 0 Å². The number of carbonyl (C=O) groups is 1. The van der Waals surface area contributed by atoms with E-state index in [0.717, 1.165) is 21.4 Å². The fourth-order valence-corrected chi connectivity index (χ4v) is 3.90. The molecule has 0 aliphatic heterocycles. The summed E-state index contributed by atoms with van der Waals surface area (Å²) < 4.78 is 2.01. The van der Waals surface area contributed by atoms with Gasteiger partial charge in [0, 0.05) is 34.1 Å². The largest absolute Gasteiger partial charge is 0.346 e. The number of benzene rings is 2. The first-order valence-electron chi connectivity index (χ1n) is 8.28. The van der Waals surface area contributed by atoms with Gasteiger partial charge in [0.2, 0.25) is 0 Å². The molecule has 0 saturated carbocycles. The van der Waals surface area contributed by atoms with Gasteiger partial charge in [-0.25, -0.2) is 0 Å². The molecule has 0 spiro atoms. The maximum atomic E-state index is 12.8. The van der Waals surface area contributed by atoms with Crippen molar-refractivity contribution in [1.82, 2.24) is 4.57 Å². The number of fused-ring (bicyclic) bond motifs is 1. The molecule has 25 heavy (non-hydrogen) atoms. The molecule has 126 valence electrons. The van der Waals surface area contributed by atoms with Gasteiger partial charge in [-0.1, -0.05) is 35.9 Å². The van der Waals surface area contributed by atoms with Crippen molar-refractivity contribution < 1.29 is 4.79 Å². The lowest BCUT2D eigenvalue weighted by Gasteiger charge is -2.06. The highest BCUT2D eigenvalue weighted by molar-refractivity contribution is 8.00. The van der Waals surface area contributed by atoms with Crippen molar-refractivity contribution >= 4 is 28.4 Å². The van der Waals surface area contributed by atoms with E-state index < -0.39 is 0 Å². The van der Waals surface area contributed by atoms with Crippen LogP contribution in [-0.4, -0.2) is 16.1 Å². The number of hydrogen-bond acceptors (Lipinski definition) is 3. The minimum atomic E-state index is 0.122.